The molecule has 0 amide bonds. The van der Waals surface area contributed by atoms with Crippen LogP contribution < -0.4 is 0 Å². The summed E-state index contributed by atoms with van der Waals surface area (Å²) < 4.78 is 32.3. The second kappa shape index (κ2) is 10.8. The lowest BCUT2D eigenvalue weighted by Crippen LogP contribution is -2.65. The Morgan fingerprint density at radius 2 is 1.81 bits per heavy atom. The fourth-order valence-corrected chi connectivity index (χ4v) is 4.77. The third-order valence-corrected chi connectivity index (χ3v) is 7.14. The van der Waals surface area contributed by atoms with Crippen LogP contribution in [0.25, 0.3) is 0 Å². The van der Waals surface area contributed by atoms with Gasteiger partial charge < -0.3 is 69.3 Å². The first-order chi connectivity index (χ1) is 17.5. The Morgan fingerprint density at radius 3 is 2.49 bits per heavy atom. The topological polar surface area (TPSA) is 234 Å². The molecule has 0 aliphatic carbocycles. The predicted octanol–water partition coefficient (Wildman–Crippen LogP) is -4.65. The molecule has 15 heteroatoms. The second-order valence-electron chi connectivity index (χ2n) is 9.35. The first kappa shape index (κ1) is 28.3. The molecule has 3 saturated heterocycles. The molecular formula is C22H32O15. The van der Waals surface area contributed by atoms with Gasteiger partial charge in [-0.1, -0.05) is 6.08 Å². The summed E-state index contributed by atoms with van der Waals surface area (Å²) in [6, 6.07) is 0. The second-order valence-corrected chi connectivity index (χ2v) is 9.35. The molecule has 0 aromatic heterocycles. The van der Waals surface area contributed by atoms with Crippen molar-refractivity contribution in [2.24, 2.45) is 5.92 Å². The van der Waals surface area contributed by atoms with Crippen LogP contribution in [0.15, 0.2) is 24.5 Å². The number of fused-ring (bicyclic) bond motifs is 1. The highest BCUT2D eigenvalue weighted by atomic mass is 16.8. The molecule has 15 nitrogen and oxygen atoms in total. The summed E-state index contributed by atoms with van der Waals surface area (Å²) in [6.07, 6.45) is -12.5. The average molecular weight is 536 g/mol. The highest BCUT2D eigenvalue weighted by molar-refractivity contribution is 5.91. The Kier molecular flexibility index (Phi) is 8.25. The minimum Gasteiger partial charge on any atom is -0.471 e. The maximum Gasteiger partial charge on any atom is 0.340 e. The lowest BCUT2D eigenvalue weighted by molar-refractivity contribution is -0.375. The number of hydrogen-bond donors (Lipinski definition) is 8. The Balaban J connectivity index is 1.48. The van der Waals surface area contributed by atoms with Crippen molar-refractivity contribution in [3.05, 3.63) is 24.5 Å². The van der Waals surface area contributed by atoms with Gasteiger partial charge in [0, 0.05) is 6.42 Å². The van der Waals surface area contributed by atoms with Gasteiger partial charge in [0.2, 0.25) is 12.1 Å². The Bertz CT molecular complexity index is 882. The van der Waals surface area contributed by atoms with Crippen LogP contribution in [0.4, 0.5) is 0 Å². The van der Waals surface area contributed by atoms with Gasteiger partial charge in [0.25, 0.3) is 0 Å². The van der Waals surface area contributed by atoms with Crippen LogP contribution in [0.1, 0.15) is 6.42 Å². The van der Waals surface area contributed by atoms with Gasteiger partial charge in [0.05, 0.1) is 32.0 Å². The molecular weight excluding hydrogens is 504 g/mol. The number of rotatable bonds is 7. The van der Waals surface area contributed by atoms with Crippen molar-refractivity contribution in [1.82, 2.24) is 0 Å². The highest BCUT2D eigenvalue weighted by Gasteiger charge is 2.55. The van der Waals surface area contributed by atoms with E-state index in [4.69, 9.17) is 28.4 Å². The van der Waals surface area contributed by atoms with Crippen LogP contribution in [0.2, 0.25) is 0 Å². The molecule has 0 radical (unpaired) electrons. The fraction of sp³-hybridized carbons (Fsp3) is 0.773. The summed E-state index contributed by atoms with van der Waals surface area (Å²) in [5.74, 6) is -3.97. The summed E-state index contributed by atoms with van der Waals surface area (Å²) in [5.41, 5.74) is -1.88. The van der Waals surface area contributed by atoms with Gasteiger partial charge in [-0.05, 0) is 0 Å². The molecule has 0 aromatic carbocycles. The zero-order valence-corrected chi connectivity index (χ0v) is 19.6. The molecule has 3 fully saturated rings. The van der Waals surface area contributed by atoms with Crippen molar-refractivity contribution in [3.63, 3.8) is 0 Å². The van der Waals surface area contributed by atoms with Crippen LogP contribution in [-0.2, 0) is 33.2 Å². The molecule has 4 rings (SSSR count). The minimum absolute atomic E-state index is 0.0163. The van der Waals surface area contributed by atoms with E-state index in [0.717, 1.165) is 6.26 Å². The molecule has 0 spiro atoms. The van der Waals surface area contributed by atoms with Crippen molar-refractivity contribution in [2.75, 3.05) is 26.4 Å². The van der Waals surface area contributed by atoms with E-state index in [9.17, 15) is 45.6 Å². The summed E-state index contributed by atoms with van der Waals surface area (Å²) >= 11 is 0. The Hall–Kier alpha value is -1.73. The zero-order chi connectivity index (χ0) is 27.1. The summed E-state index contributed by atoms with van der Waals surface area (Å²) in [4.78, 5) is 12.1. The van der Waals surface area contributed by atoms with Gasteiger partial charge in [-0.2, -0.15) is 0 Å². The lowest BCUT2D eigenvalue weighted by atomic mass is 9.76. The van der Waals surface area contributed by atoms with Gasteiger partial charge in [-0.3, -0.25) is 0 Å². The smallest absolute Gasteiger partial charge is 0.340 e. The SMILES string of the molecule is C=C[C@H]1[C@H](O[C@@H]2O[C@H](CO[C@]3(CO)OC[C@@H](O)[C@@H](O)[C@@H]3O)[C@@H](O)[C@H](O)[C@H]2O)OC=C2C(=O)OCC[C@]21O. The van der Waals surface area contributed by atoms with Crippen molar-refractivity contribution in [3.8, 4) is 0 Å². The van der Waals surface area contributed by atoms with Crippen LogP contribution in [0.5, 0.6) is 0 Å². The van der Waals surface area contributed by atoms with E-state index in [-0.39, 0.29) is 18.6 Å². The van der Waals surface area contributed by atoms with Crippen LogP contribution in [0, 0.1) is 5.92 Å². The molecule has 4 aliphatic rings. The first-order valence-corrected chi connectivity index (χ1v) is 11.7. The molecule has 37 heavy (non-hydrogen) atoms. The molecule has 0 bridgehead atoms. The van der Waals surface area contributed by atoms with E-state index in [1.807, 2.05) is 0 Å². The highest BCUT2D eigenvalue weighted by Crippen LogP contribution is 2.42. The van der Waals surface area contributed by atoms with E-state index < -0.39 is 98.4 Å². The largest absolute Gasteiger partial charge is 0.471 e. The van der Waals surface area contributed by atoms with E-state index in [1.165, 1.54) is 6.08 Å². The molecule has 12 atom stereocenters. The van der Waals surface area contributed by atoms with Crippen molar-refractivity contribution >= 4 is 5.97 Å². The number of aliphatic hydroxyl groups excluding tert-OH is 7. The van der Waals surface area contributed by atoms with E-state index >= 15 is 0 Å². The molecule has 8 N–H and O–H groups in total. The summed E-state index contributed by atoms with van der Waals surface area (Å²) in [5, 5.41) is 82.1. The number of carbonyl (C=O) groups is 1. The Morgan fingerprint density at radius 1 is 1.08 bits per heavy atom. The number of ether oxygens (including phenoxy) is 6. The van der Waals surface area contributed by atoms with Crippen molar-refractivity contribution in [2.45, 2.75) is 73.1 Å². The summed E-state index contributed by atoms with van der Waals surface area (Å²) in [7, 11) is 0. The van der Waals surface area contributed by atoms with Gasteiger partial charge in [0.15, 0.2) is 6.29 Å². The zero-order valence-electron chi connectivity index (χ0n) is 19.6. The van der Waals surface area contributed by atoms with Gasteiger partial charge in [0.1, 0.15) is 60.5 Å². The van der Waals surface area contributed by atoms with Gasteiger partial charge in [-0.15, -0.1) is 6.58 Å². The standard InChI is InChI=1S/C22H32O15/c1-2-9-19(33-5-10-18(30)32-4-3-21(9,10)31)37-20-16(28)15(27)14(26)12(36-20)7-35-22(8-23)17(29)13(25)11(24)6-34-22/h2,5,9,11-17,19-20,23-29,31H,1,3-4,6-8H2/t9-,11+,12+,13+,14+,15-,16+,17-,19-,20-,21+,22-/m0/s1. The van der Waals surface area contributed by atoms with Crippen LogP contribution in [-0.4, -0.2) is 140 Å². The maximum atomic E-state index is 12.1. The van der Waals surface area contributed by atoms with Crippen molar-refractivity contribution in [1.29, 1.82) is 0 Å². The number of carbonyl (C=O) groups excluding carboxylic acids is 1. The Labute approximate surface area is 210 Å². The summed E-state index contributed by atoms with van der Waals surface area (Å²) in [6.45, 7) is 1.53. The number of aliphatic hydroxyl groups is 8. The molecule has 0 unspecified atom stereocenters. The first-order valence-electron chi connectivity index (χ1n) is 11.7. The molecule has 0 aromatic rings. The van der Waals surface area contributed by atoms with Gasteiger partial charge >= 0.3 is 5.97 Å². The normalized spacial score (nSPS) is 48.3. The van der Waals surface area contributed by atoms with Crippen molar-refractivity contribution < 1.29 is 74.1 Å². The van der Waals surface area contributed by atoms with Gasteiger partial charge in [-0.25, -0.2) is 4.79 Å². The number of cyclic esters (lactones) is 1. The molecule has 4 aliphatic heterocycles. The predicted molar refractivity (Wildman–Crippen MR) is 115 cm³/mol. The quantitative estimate of drug-likeness (QED) is 0.113. The van der Waals surface area contributed by atoms with Crippen LogP contribution >= 0.6 is 0 Å². The number of hydrogen-bond acceptors (Lipinski definition) is 15. The molecule has 4 heterocycles. The average Bonchev–Trinajstić information content (AvgIpc) is 2.88. The van der Waals surface area contributed by atoms with E-state index in [1.54, 1.807) is 0 Å². The number of esters is 1. The minimum atomic E-state index is -2.18. The lowest BCUT2D eigenvalue weighted by Gasteiger charge is -2.47. The molecule has 210 valence electrons. The van der Waals surface area contributed by atoms with Crippen LogP contribution in [0.3, 0.4) is 0 Å². The van der Waals surface area contributed by atoms with E-state index in [0.29, 0.717) is 0 Å². The monoisotopic (exact) mass is 536 g/mol. The van der Waals surface area contributed by atoms with E-state index in [2.05, 4.69) is 6.58 Å². The third-order valence-electron chi connectivity index (χ3n) is 7.14. The molecule has 0 saturated carbocycles. The maximum absolute atomic E-state index is 12.1. The third kappa shape index (κ3) is 4.91. The fourth-order valence-electron chi connectivity index (χ4n) is 4.77.